The summed E-state index contributed by atoms with van der Waals surface area (Å²) in [5.74, 6) is 1.11. The molecule has 0 atom stereocenters. The van der Waals surface area contributed by atoms with E-state index < -0.39 is 0 Å². The molecule has 0 aromatic carbocycles. The van der Waals surface area contributed by atoms with Crippen molar-refractivity contribution in [3.05, 3.63) is 34.8 Å². The third-order valence-corrected chi connectivity index (χ3v) is 4.64. The van der Waals surface area contributed by atoms with E-state index in [0.29, 0.717) is 11.7 Å². The fraction of sp³-hybridized carbons (Fsp3) is 0.444. The topological polar surface area (TPSA) is 81.7 Å². The lowest BCUT2D eigenvalue weighted by molar-refractivity contribution is 0.428. The van der Waals surface area contributed by atoms with Crippen molar-refractivity contribution in [2.45, 2.75) is 39.7 Å². The van der Waals surface area contributed by atoms with Crippen LogP contribution in [0.15, 0.2) is 16.8 Å². The Balaban J connectivity index is 0.00000196. The molecule has 0 saturated heterocycles. The standard InChI is InChI=1S/C18H22N6O.ClH/c1-4-5-13-8-15(24(3)22-13)18-21-17(23-25-18)16-11(2)20-10-12-9-19-7-6-14(12)16;/h8,10,19H,4-7,9H2,1-3H3;1H. The first-order chi connectivity index (χ1) is 12.2. The minimum atomic E-state index is 0. The molecule has 26 heavy (non-hydrogen) atoms. The number of pyridine rings is 1. The van der Waals surface area contributed by atoms with Crippen molar-refractivity contribution in [1.29, 1.82) is 0 Å². The highest BCUT2D eigenvalue weighted by molar-refractivity contribution is 5.85. The monoisotopic (exact) mass is 374 g/mol. The van der Waals surface area contributed by atoms with Crippen LogP contribution in [0.2, 0.25) is 0 Å². The molecule has 0 radical (unpaired) electrons. The quantitative estimate of drug-likeness (QED) is 0.756. The van der Waals surface area contributed by atoms with Crippen LogP contribution in [0.1, 0.15) is 35.9 Å². The van der Waals surface area contributed by atoms with Crippen molar-refractivity contribution in [3.63, 3.8) is 0 Å². The van der Waals surface area contributed by atoms with Crippen LogP contribution in [0.25, 0.3) is 23.0 Å². The van der Waals surface area contributed by atoms with Gasteiger partial charge in [0.25, 0.3) is 5.89 Å². The van der Waals surface area contributed by atoms with Gasteiger partial charge in [-0.1, -0.05) is 18.5 Å². The summed E-state index contributed by atoms with van der Waals surface area (Å²) in [5.41, 5.74) is 6.31. The van der Waals surface area contributed by atoms with E-state index in [1.807, 2.05) is 26.2 Å². The number of fused-ring (bicyclic) bond motifs is 1. The molecule has 4 heterocycles. The Morgan fingerprint density at radius 2 is 2.19 bits per heavy atom. The van der Waals surface area contributed by atoms with Crippen LogP contribution in [0.5, 0.6) is 0 Å². The van der Waals surface area contributed by atoms with Gasteiger partial charge in [0.2, 0.25) is 5.82 Å². The maximum Gasteiger partial charge on any atom is 0.276 e. The molecule has 0 bridgehead atoms. The van der Waals surface area contributed by atoms with Crippen molar-refractivity contribution >= 4 is 12.4 Å². The zero-order valence-electron chi connectivity index (χ0n) is 15.2. The number of hydrogen-bond donors (Lipinski definition) is 1. The van der Waals surface area contributed by atoms with Crippen LogP contribution in [-0.4, -0.2) is 31.4 Å². The molecule has 8 heteroatoms. The fourth-order valence-electron chi connectivity index (χ4n) is 3.40. The lowest BCUT2D eigenvalue weighted by atomic mass is 9.95. The molecule has 1 aliphatic heterocycles. The smallest absolute Gasteiger partial charge is 0.276 e. The van der Waals surface area contributed by atoms with Gasteiger partial charge in [0.15, 0.2) is 0 Å². The maximum absolute atomic E-state index is 5.56. The zero-order valence-corrected chi connectivity index (χ0v) is 16.1. The first-order valence-electron chi connectivity index (χ1n) is 8.72. The molecule has 3 aromatic heterocycles. The molecule has 0 amide bonds. The van der Waals surface area contributed by atoms with E-state index in [2.05, 4.69) is 32.5 Å². The molecular formula is C18H23ClN6O. The highest BCUT2D eigenvalue weighted by Gasteiger charge is 2.22. The average molecular weight is 375 g/mol. The SMILES string of the molecule is CCCc1cc(-c2nc(-c3c(C)ncc4c3CCNC4)no2)n(C)n1.Cl. The van der Waals surface area contributed by atoms with Crippen molar-refractivity contribution in [3.8, 4) is 23.0 Å². The predicted octanol–water partition coefficient (Wildman–Crippen LogP) is 2.86. The molecule has 0 saturated carbocycles. The summed E-state index contributed by atoms with van der Waals surface area (Å²) in [6.07, 6.45) is 4.89. The molecular weight excluding hydrogens is 352 g/mol. The van der Waals surface area contributed by atoms with E-state index in [-0.39, 0.29) is 12.4 Å². The lowest BCUT2D eigenvalue weighted by Gasteiger charge is -2.19. The van der Waals surface area contributed by atoms with Gasteiger partial charge in [-0.05, 0) is 43.5 Å². The number of nitrogens with one attached hydrogen (secondary N) is 1. The number of nitrogens with zero attached hydrogens (tertiary/aromatic N) is 5. The molecule has 4 rings (SSSR count). The van der Waals surface area contributed by atoms with Crippen molar-refractivity contribution in [1.82, 2.24) is 30.2 Å². The van der Waals surface area contributed by atoms with Gasteiger partial charge in [0.1, 0.15) is 5.69 Å². The van der Waals surface area contributed by atoms with E-state index in [1.54, 1.807) is 4.68 Å². The lowest BCUT2D eigenvalue weighted by Crippen LogP contribution is -2.24. The molecule has 1 aliphatic rings. The Morgan fingerprint density at radius 3 is 3.00 bits per heavy atom. The summed E-state index contributed by atoms with van der Waals surface area (Å²) in [5, 5.41) is 12.1. The first kappa shape index (κ1) is 18.5. The Morgan fingerprint density at radius 1 is 1.35 bits per heavy atom. The maximum atomic E-state index is 5.56. The average Bonchev–Trinajstić information content (AvgIpc) is 3.22. The van der Waals surface area contributed by atoms with Gasteiger partial charge in [0, 0.05) is 31.0 Å². The largest absolute Gasteiger partial charge is 0.332 e. The minimum Gasteiger partial charge on any atom is -0.332 e. The molecule has 0 aliphatic carbocycles. The van der Waals surface area contributed by atoms with Crippen molar-refractivity contribution in [2.24, 2.45) is 7.05 Å². The molecule has 138 valence electrons. The van der Waals surface area contributed by atoms with Crippen molar-refractivity contribution in [2.75, 3.05) is 6.54 Å². The van der Waals surface area contributed by atoms with Crippen LogP contribution in [0.3, 0.4) is 0 Å². The number of hydrogen-bond acceptors (Lipinski definition) is 6. The minimum absolute atomic E-state index is 0. The van der Waals surface area contributed by atoms with E-state index in [4.69, 9.17) is 4.52 Å². The van der Waals surface area contributed by atoms with Gasteiger partial charge < -0.3 is 9.84 Å². The molecule has 3 aromatic rings. The molecule has 0 unspecified atom stereocenters. The number of halogens is 1. The van der Waals surface area contributed by atoms with E-state index in [1.165, 1.54) is 11.1 Å². The van der Waals surface area contributed by atoms with Crippen LogP contribution in [-0.2, 0) is 26.4 Å². The predicted molar refractivity (Wildman–Crippen MR) is 101 cm³/mol. The number of aryl methyl sites for hydroxylation is 3. The van der Waals surface area contributed by atoms with E-state index in [0.717, 1.165) is 55.0 Å². The highest BCUT2D eigenvalue weighted by Crippen LogP contribution is 2.30. The summed E-state index contributed by atoms with van der Waals surface area (Å²) in [7, 11) is 1.90. The molecule has 1 N–H and O–H groups in total. The normalized spacial score (nSPS) is 13.3. The fourth-order valence-corrected chi connectivity index (χ4v) is 3.40. The number of aromatic nitrogens is 5. The molecule has 7 nitrogen and oxygen atoms in total. The van der Waals surface area contributed by atoms with Crippen LogP contribution < -0.4 is 5.32 Å². The van der Waals surface area contributed by atoms with Gasteiger partial charge >= 0.3 is 0 Å². The third-order valence-electron chi connectivity index (χ3n) is 4.64. The summed E-state index contributed by atoms with van der Waals surface area (Å²) in [6.45, 7) is 5.93. The first-order valence-corrected chi connectivity index (χ1v) is 8.72. The van der Waals surface area contributed by atoms with Gasteiger partial charge in [-0.2, -0.15) is 10.1 Å². The molecule has 0 spiro atoms. The highest BCUT2D eigenvalue weighted by atomic mass is 35.5. The van der Waals surface area contributed by atoms with Gasteiger partial charge in [-0.15, -0.1) is 12.4 Å². The third kappa shape index (κ3) is 3.24. The van der Waals surface area contributed by atoms with Crippen LogP contribution >= 0.6 is 12.4 Å². The van der Waals surface area contributed by atoms with Crippen LogP contribution in [0, 0.1) is 6.92 Å². The van der Waals surface area contributed by atoms with E-state index >= 15 is 0 Å². The second-order valence-corrected chi connectivity index (χ2v) is 6.47. The van der Waals surface area contributed by atoms with Gasteiger partial charge in [-0.3, -0.25) is 9.67 Å². The molecule has 0 fully saturated rings. The van der Waals surface area contributed by atoms with Crippen LogP contribution in [0.4, 0.5) is 0 Å². The number of rotatable bonds is 4. The Bertz CT molecular complexity index is 917. The Hall–Kier alpha value is -2.25. The summed E-state index contributed by atoms with van der Waals surface area (Å²) >= 11 is 0. The summed E-state index contributed by atoms with van der Waals surface area (Å²) in [4.78, 5) is 9.17. The van der Waals surface area contributed by atoms with E-state index in [9.17, 15) is 0 Å². The second-order valence-electron chi connectivity index (χ2n) is 6.47. The second kappa shape index (κ2) is 7.55. The summed E-state index contributed by atoms with van der Waals surface area (Å²) in [6, 6.07) is 2.02. The Kier molecular flexibility index (Phi) is 5.38. The Labute approximate surface area is 158 Å². The van der Waals surface area contributed by atoms with Gasteiger partial charge in [-0.25, -0.2) is 0 Å². The van der Waals surface area contributed by atoms with Crippen molar-refractivity contribution < 1.29 is 4.52 Å². The zero-order chi connectivity index (χ0) is 17.4. The van der Waals surface area contributed by atoms with Gasteiger partial charge in [0.05, 0.1) is 5.69 Å². The summed E-state index contributed by atoms with van der Waals surface area (Å²) < 4.78 is 7.36.